The minimum absolute atomic E-state index is 0.118. The zero-order chi connectivity index (χ0) is 20.8. The second kappa shape index (κ2) is 9.24. The Morgan fingerprint density at radius 2 is 1.45 bits per heavy atom. The van der Waals surface area contributed by atoms with Gasteiger partial charge in [0, 0.05) is 25.2 Å². The van der Waals surface area contributed by atoms with Gasteiger partial charge in [0.05, 0.1) is 21.5 Å². The third kappa shape index (κ3) is 5.58. The first-order valence-corrected chi connectivity index (χ1v) is 9.44. The number of nitrogens with zero attached hydrogens (tertiary/aromatic N) is 3. The number of rotatable bonds is 7. The highest BCUT2D eigenvalue weighted by atomic mass is 16.6. The molecule has 0 aromatic heterocycles. The molecule has 1 heterocycles. The van der Waals surface area contributed by atoms with Gasteiger partial charge in [-0.05, 0) is 37.1 Å². The average molecular weight is 398 g/mol. The maximum atomic E-state index is 12.3. The van der Waals surface area contributed by atoms with Gasteiger partial charge in [0.25, 0.3) is 17.3 Å². The number of piperidine rings is 1. The van der Waals surface area contributed by atoms with Crippen LogP contribution in [0.15, 0.2) is 42.5 Å². The van der Waals surface area contributed by atoms with Gasteiger partial charge in [-0.15, -0.1) is 0 Å². The second-order valence-electron chi connectivity index (χ2n) is 7.09. The summed E-state index contributed by atoms with van der Waals surface area (Å²) in [5.74, 6) is -0.603. The zero-order valence-electron chi connectivity index (χ0n) is 15.9. The molecule has 0 radical (unpaired) electrons. The average Bonchev–Trinajstić information content (AvgIpc) is 2.73. The Hall–Kier alpha value is -3.33. The second-order valence-corrected chi connectivity index (χ2v) is 7.09. The number of carbonyl (C=O) groups is 1. The summed E-state index contributed by atoms with van der Waals surface area (Å²) < 4.78 is 0. The Balaban J connectivity index is 1.61. The third-order valence-electron chi connectivity index (χ3n) is 4.92. The van der Waals surface area contributed by atoms with Crippen LogP contribution in [0.1, 0.15) is 40.7 Å². The fraction of sp³-hybridized carbons (Fsp3) is 0.350. The van der Waals surface area contributed by atoms with Gasteiger partial charge in [0.15, 0.2) is 0 Å². The van der Waals surface area contributed by atoms with E-state index in [2.05, 4.69) is 10.2 Å². The van der Waals surface area contributed by atoms with Crippen LogP contribution in [0.25, 0.3) is 0 Å². The molecule has 0 atom stereocenters. The van der Waals surface area contributed by atoms with Crippen molar-refractivity contribution in [2.24, 2.45) is 0 Å². The van der Waals surface area contributed by atoms with Gasteiger partial charge in [0.2, 0.25) is 0 Å². The molecule has 9 nitrogen and oxygen atoms in total. The lowest BCUT2D eigenvalue weighted by molar-refractivity contribution is -0.394. The van der Waals surface area contributed by atoms with E-state index in [9.17, 15) is 25.0 Å². The fourth-order valence-electron chi connectivity index (χ4n) is 3.36. The van der Waals surface area contributed by atoms with Gasteiger partial charge in [-0.1, -0.05) is 30.7 Å². The van der Waals surface area contributed by atoms with Crippen LogP contribution >= 0.6 is 0 Å². The van der Waals surface area contributed by atoms with Crippen molar-refractivity contribution < 1.29 is 14.6 Å². The van der Waals surface area contributed by atoms with Crippen LogP contribution in [0.3, 0.4) is 0 Å². The fourth-order valence-corrected chi connectivity index (χ4v) is 3.36. The van der Waals surface area contributed by atoms with Crippen LogP contribution in [0.5, 0.6) is 0 Å². The van der Waals surface area contributed by atoms with Crippen LogP contribution in [-0.4, -0.2) is 33.7 Å². The van der Waals surface area contributed by atoms with E-state index >= 15 is 0 Å². The van der Waals surface area contributed by atoms with Crippen LogP contribution < -0.4 is 5.32 Å². The highest BCUT2D eigenvalue weighted by Gasteiger charge is 2.19. The summed E-state index contributed by atoms with van der Waals surface area (Å²) in [6.45, 7) is 3.36. The van der Waals surface area contributed by atoms with Gasteiger partial charge in [0.1, 0.15) is 0 Å². The van der Waals surface area contributed by atoms with Gasteiger partial charge < -0.3 is 5.32 Å². The van der Waals surface area contributed by atoms with Crippen molar-refractivity contribution >= 4 is 17.3 Å². The molecule has 0 aliphatic carbocycles. The number of likely N-dealkylation sites (tertiary alicyclic amines) is 1. The number of amides is 1. The molecule has 9 heteroatoms. The molecule has 2 aromatic rings. The number of nitro benzene ring substituents is 2. The lowest BCUT2D eigenvalue weighted by Crippen LogP contribution is -2.29. The molecule has 2 aromatic carbocycles. The van der Waals surface area contributed by atoms with E-state index < -0.39 is 27.1 Å². The molecule has 1 saturated heterocycles. The predicted octanol–water partition coefficient (Wildman–Crippen LogP) is 3.42. The summed E-state index contributed by atoms with van der Waals surface area (Å²) in [6, 6.07) is 10.8. The summed E-state index contributed by atoms with van der Waals surface area (Å²) in [7, 11) is 0. The quantitative estimate of drug-likeness (QED) is 0.564. The van der Waals surface area contributed by atoms with E-state index in [1.165, 1.54) is 24.8 Å². The lowest BCUT2D eigenvalue weighted by Gasteiger charge is -2.26. The Bertz CT molecular complexity index is 875. The number of non-ortho nitro benzene ring substituents is 2. The van der Waals surface area contributed by atoms with Crippen LogP contribution in [0.4, 0.5) is 11.4 Å². The standard InChI is InChI=1S/C20H22N4O5/c25-20(17-10-18(23(26)27)12-19(11-17)24(28)29)21-13-15-4-6-16(7-5-15)14-22-8-2-1-3-9-22/h4-7,10-12H,1-3,8-9,13-14H2,(H,21,25). The van der Waals surface area contributed by atoms with Gasteiger partial charge >= 0.3 is 0 Å². The highest BCUT2D eigenvalue weighted by molar-refractivity contribution is 5.95. The molecule has 1 aliphatic heterocycles. The maximum Gasteiger partial charge on any atom is 0.277 e. The maximum absolute atomic E-state index is 12.3. The summed E-state index contributed by atoms with van der Waals surface area (Å²) in [5, 5.41) is 24.6. The molecule has 1 fully saturated rings. The normalized spacial score (nSPS) is 14.3. The Kier molecular flexibility index (Phi) is 6.50. The van der Waals surface area contributed by atoms with Gasteiger partial charge in [-0.25, -0.2) is 0 Å². The molecule has 1 N–H and O–H groups in total. The summed E-state index contributed by atoms with van der Waals surface area (Å²) >= 11 is 0. The third-order valence-corrected chi connectivity index (χ3v) is 4.92. The molecule has 152 valence electrons. The zero-order valence-corrected chi connectivity index (χ0v) is 15.9. The van der Waals surface area contributed by atoms with Crippen molar-refractivity contribution in [3.63, 3.8) is 0 Å². The van der Waals surface area contributed by atoms with E-state index in [0.717, 1.165) is 43.4 Å². The van der Waals surface area contributed by atoms with Crippen molar-refractivity contribution in [3.05, 3.63) is 79.4 Å². The van der Waals surface area contributed by atoms with Crippen LogP contribution in [-0.2, 0) is 13.1 Å². The monoisotopic (exact) mass is 398 g/mol. The van der Waals surface area contributed by atoms with Gasteiger partial charge in [-0.2, -0.15) is 0 Å². The topological polar surface area (TPSA) is 119 Å². The van der Waals surface area contributed by atoms with Crippen molar-refractivity contribution in [1.29, 1.82) is 0 Å². The lowest BCUT2D eigenvalue weighted by atomic mass is 10.1. The van der Waals surface area contributed by atoms with Crippen molar-refractivity contribution in [1.82, 2.24) is 10.2 Å². The van der Waals surface area contributed by atoms with E-state index in [4.69, 9.17) is 0 Å². The molecule has 0 unspecified atom stereocenters. The molecule has 1 aliphatic rings. The number of nitro groups is 2. The molecule has 1 amide bonds. The number of benzene rings is 2. The molecule has 0 spiro atoms. The van der Waals surface area contributed by atoms with Gasteiger partial charge in [-0.3, -0.25) is 29.9 Å². The first-order valence-electron chi connectivity index (χ1n) is 9.44. The predicted molar refractivity (Wildman–Crippen MR) is 106 cm³/mol. The number of hydrogen-bond donors (Lipinski definition) is 1. The molecule has 3 rings (SSSR count). The Morgan fingerprint density at radius 1 is 0.897 bits per heavy atom. The first kappa shape index (κ1) is 20.4. The minimum atomic E-state index is -0.759. The van der Waals surface area contributed by atoms with E-state index in [1.807, 2.05) is 24.3 Å². The summed E-state index contributed by atoms with van der Waals surface area (Å²) in [6.07, 6.45) is 3.77. The summed E-state index contributed by atoms with van der Waals surface area (Å²) in [5.41, 5.74) is 0.974. The Labute approximate surface area is 167 Å². The first-order chi connectivity index (χ1) is 13.9. The van der Waals surface area contributed by atoms with E-state index in [0.29, 0.717) is 0 Å². The smallest absolute Gasteiger partial charge is 0.277 e. The van der Waals surface area contributed by atoms with Crippen LogP contribution in [0, 0.1) is 20.2 Å². The van der Waals surface area contributed by atoms with Crippen molar-refractivity contribution in [3.8, 4) is 0 Å². The molecule has 29 heavy (non-hydrogen) atoms. The van der Waals surface area contributed by atoms with Crippen LogP contribution in [0.2, 0.25) is 0 Å². The molecule has 0 bridgehead atoms. The molecule has 0 saturated carbocycles. The Morgan fingerprint density at radius 3 is 2.00 bits per heavy atom. The largest absolute Gasteiger partial charge is 0.348 e. The number of hydrogen-bond acceptors (Lipinski definition) is 6. The van der Waals surface area contributed by atoms with Crippen molar-refractivity contribution in [2.45, 2.75) is 32.4 Å². The minimum Gasteiger partial charge on any atom is -0.348 e. The van der Waals surface area contributed by atoms with E-state index in [-0.39, 0.29) is 12.1 Å². The van der Waals surface area contributed by atoms with E-state index in [1.54, 1.807) is 0 Å². The highest BCUT2D eigenvalue weighted by Crippen LogP contribution is 2.22. The molecular formula is C20H22N4O5. The SMILES string of the molecule is O=C(NCc1ccc(CN2CCCCC2)cc1)c1cc([N+](=O)[O-])cc([N+](=O)[O-])c1. The van der Waals surface area contributed by atoms with Crippen molar-refractivity contribution in [2.75, 3.05) is 13.1 Å². The number of nitrogens with one attached hydrogen (secondary N) is 1. The number of carbonyl (C=O) groups excluding carboxylic acids is 1. The molecular weight excluding hydrogens is 376 g/mol. The summed E-state index contributed by atoms with van der Waals surface area (Å²) in [4.78, 5) is 35.1.